The second-order valence-corrected chi connectivity index (χ2v) is 6.37. The van der Waals surface area contributed by atoms with E-state index in [0.29, 0.717) is 19.6 Å². The van der Waals surface area contributed by atoms with Crippen LogP contribution in [0.15, 0.2) is 17.5 Å². The van der Waals surface area contributed by atoms with Gasteiger partial charge >= 0.3 is 0 Å². The van der Waals surface area contributed by atoms with E-state index >= 15 is 0 Å². The van der Waals surface area contributed by atoms with Crippen molar-refractivity contribution in [1.29, 1.82) is 0 Å². The summed E-state index contributed by atoms with van der Waals surface area (Å²) >= 11 is 1.71. The van der Waals surface area contributed by atoms with Crippen LogP contribution in [0.2, 0.25) is 0 Å². The molecule has 1 atom stereocenters. The molecule has 1 aliphatic heterocycles. The van der Waals surface area contributed by atoms with E-state index in [-0.39, 0.29) is 17.9 Å². The molecular weight excluding hydrogens is 286 g/mol. The number of rotatable bonds is 5. The summed E-state index contributed by atoms with van der Waals surface area (Å²) in [7, 11) is 0. The molecule has 2 heterocycles. The molecule has 1 fully saturated rings. The Bertz CT molecular complexity index is 467. The van der Waals surface area contributed by atoms with Crippen molar-refractivity contribution < 1.29 is 9.59 Å². The number of piperazine rings is 1. The van der Waals surface area contributed by atoms with Crippen LogP contribution in [0, 0.1) is 0 Å². The van der Waals surface area contributed by atoms with Crippen molar-refractivity contribution in [2.24, 2.45) is 0 Å². The van der Waals surface area contributed by atoms with Crippen LogP contribution in [0.1, 0.15) is 18.7 Å². The first-order valence-electron chi connectivity index (χ1n) is 7.37. The lowest BCUT2D eigenvalue weighted by Gasteiger charge is -2.37. The highest BCUT2D eigenvalue weighted by atomic mass is 32.1. The molecule has 5 nitrogen and oxygen atoms in total. The van der Waals surface area contributed by atoms with E-state index in [1.165, 1.54) is 4.88 Å². The molecule has 2 amide bonds. The predicted octanol–water partition coefficient (Wildman–Crippen LogP) is 0.959. The Hall–Kier alpha value is -1.40. The molecule has 2 rings (SSSR count). The van der Waals surface area contributed by atoms with Gasteiger partial charge in [0.1, 0.15) is 0 Å². The number of carbonyl (C=O) groups is 2. The topological polar surface area (TPSA) is 52.7 Å². The molecule has 1 aromatic rings. The number of thiophene rings is 1. The van der Waals surface area contributed by atoms with E-state index in [0.717, 1.165) is 19.5 Å². The molecule has 0 saturated carbocycles. The molecular formula is C15H23N3O2S. The van der Waals surface area contributed by atoms with Gasteiger partial charge < -0.3 is 10.2 Å². The summed E-state index contributed by atoms with van der Waals surface area (Å²) in [4.78, 5) is 28.7. The van der Waals surface area contributed by atoms with Gasteiger partial charge in [-0.1, -0.05) is 6.07 Å². The van der Waals surface area contributed by atoms with E-state index in [2.05, 4.69) is 16.3 Å². The molecule has 116 valence electrons. The minimum absolute atomic E-state index is 0.0721. The second-order valence-electron chi connectivity index (χ2n) is 5.34. The van der Waals surface area contributed by atoms with Gasteiger partial charge in [-0.15, -0.1) is 11.3 Å². The molecule has 1 aliphatic rings. The van der Waals surface area contributed by atoms with E-state index in [9.17, 15) is 9.59 Å². The van der Waals surface area contributed by atoms with Crippen LogP contribution >= 0.6 is 11.3 Å². The average molecular weight is 309 g/mol. The fraction of sp³-hybridized carbons (Fsp3) is 0.600. The number of amides is 2. The van der Waals surface area contributed by atoms with Gasteiger partial charge in [0.15, 0.2) is 0 Å². The summed E-state index contributed by atoms with van der Waals surface area (Å²) in [5.41, 5.74) is 0. The van der Waals surface area contributed by atoms with E-state index in [1.807, 2.05) is 23.3 Å². The van der Waals surface area contributed by atoms with Crippen molar-refractivity contribution >= 4 is 23.2 Å². The molecule has 0 bridgehead atoms. The van der Waals surface area contributed by atoms with Crippen molar-refractivity contribution in [3.8, 4) is 0 Å². The molecule has 0 unspecified atom stereocenters. The fourth-order valence-corrected chi connectivity index (χ4v) is 3.21. The van der Waals surface area contributed by atoms with Crippen LogP contribution in [0.5, 0.6) is 0 Å². The third kappa shape index (κ3) is 4.54. The molecule has 0 aromatic carbocycles. The van der Waals surface area contributed by atoms with Crippen molar-refractivity contribution in [1.82, 2.24) is 15.1 Å². The van der Waals surface area contributed by atoms with Gasteiger partial charge in [-0.05, 0) is 24.8 Å². The smallest absolute Gasteiger partial charge is 0.237 e. The summed E-state index contributed by atoms with van der Waals surface area (Å²) in [5.74, 6) is 0.186. The van der Waals surface area contributed by atoms with Crippen molar-refractivity contribution in [2.45, 2.75) is 26.3 Å². The van der Waals surface area contributed by atoms with Crippen LogP contribution in [0.4, 0.5) is 0 Å². The summed E-state index contributed by atoms with van der Waals surface area (Å²) < 4.78 is 0. The summed E-state index contributed by atoms with van der Waals surface area (Å²) in [6, 6.07) is 3.97. The molecule has 0 aliphatic carbocycles. The first kappa shape index (κ1) is 16.0. The first-order chi connectivity index (χ1) is 10.1. The summed E-state index contributed by atoms with van der Waals surface area (Å²) in [6.45, 7) is 7.15. The quantitative estimate of drug-likeness (QED) is 0.881. The molecule has 1 N–H and O–H groups in total. The highest BCUT2D eigenvalue weighted by molar-refractivity contribution is 7.09. The normalized spacial score (nSPS) is 17.5. The minimum atomic E-state index is -0.137. The van der Waals surface area contributed by atoms with Gasteiger partial charge in [0, 0.05) is 44.5 Å². The first-order valence-corrected chi connectivity index (χ1v) is 8.25. The zero-order chi connectivity index (χ0) is 15.2. The number of carbonyl (C=O) groups excluding carboxylic acids is 2. The van der Waals surface area contributed by atoms with E-state index < -0.39 is 0 Å². The van der Waals surface area contributed by atoms with E-state index in [4.69, 9.17) is 0 Å². The Morgan fingerprint density at radius 1 is 1.33 bits per heavy atom. The van der Waals surface area contributed by atoms with Crippen LogP contribution in [0.3, 0.4) is 0 Å². The largest absolute Gasteiger partial charge is 0.354 e. The van der Waals surface area contributed by atoms with Gasteiger partial charge in [0.25, 0.3) is 0 Å². The second kappa shape index (κ2) is 7.56. The van der Waals surface area contributed by atoms with Gasteiger partial charge in [-0.2, -0.15) is 0 Å². The minimum Gasteiger partial charge on any atom is -0.354 e. The Morgan fingerprint density at radius 2 is 2.05 bits per heavy atom. The molecule has 0 spiro atoms. The number of hydrogen-bond acceptors (Lipinski definition) is 4. The van der Waals surface area contributed by atoms with Crippen LogP contribution in [-0.2, 0) is 16.0 Å². The van der Waals surface area contributed by atoms with E-state index in [1.54, 1.807) is 18.3 Å². The highest BCUT2D eigenvalue weighted by Gasteiger charge is 2.25. The Kier molecular flexibility index (Phi) is 5.76. The molecule has 1 saturated heterocycles. The van der Waals surface area contributed by atoms with Gasteiger partial charge in [-0.25, -0.2) is 0 Å². The Labute approximate surface area is 129 Å². The Morgan fingerprint density at radius 3 is 2.62 bits per heavy atom. The van der Waals surface area contributed by atoms with Gasteiger partial charge in [0.2, 0.25) is 11.8 Å². The monoisotopic (exact) mass is 309 g/mol. The van der Waals surface area contributed by atoms with Crippen molar-refractivity contribution in [2.75, 3.05) is 32.7 Å². The van der Waals surface area contributed by atoms with Crippen molar-refractivity contribution in [3.05, 3.63) is 22.4 Å². The summed E-state index contributed by atoms with van der Waals surface area (Å²) in [6.07, 6.45) is 0.883. The predicted molar refractivity (Wildman–Crippen MR) is 84.3 cm³/mol. The molecule has 1 aromatic heterocycles. The zero-order valence-electron chi connectivity index (χ0n) is 12.7. The van der Waals surface area contributed by atoms with Crippen LogP contribution < -0.4 is 5.32 Å². The number of nitrogens with zero attached hydrogens (tertiary/aromatic N) is 2. The zero-order valence-corrected chi connectivity index (χ0v) is 13.5. The maximum atomic E-state index is 12.2. The maximum absolute atomic E-state index is 12.2. The van der Waals surface area contributed by atoms with Crippen LogP contribution in [0.25, 0.3) is 0 Å². The SMILES string of the molecule is CC(=O)N1CCN([C@H](C)C(=O)NCCc2cccs2)CC1. The number of hydrogen-bond donors (Lipinski definition) is 1. The number of nitrogens with one attached hydrogen (secondary N) is 1. The third-order valence-electron chi connectivity index (χ3n) is 3.94. The van der Waals surface area contributed by atoms with Gasteiger partial charge in [-0.3, -0.25) is 14.5 Å². The molecule has 6 heteroatoms. The van der Waals surface area contributed by atoms with Crippen LogP contribution in [-0.4, -0.2) is 60.4 Å². The maximum Gasteiger partial charge on any atom is 0.237 e. The lowest BCUT2D eigenvalue weighted by atomic mass is 10.2. The lowest BCUT2D eigenvalue weighted by Crippen LogP contribution is -2.54. The highest BCUT2D eigenvalue weighted by Crippen LogP contribution is 2.09. The standard InChI is InChI=1S/C15H23N3O2S/c1-12(17-7-9-18(10-8-17)13(2)19)15(20)16-6-5-14-4-3-11-21-14/h3-4,11-12H,5-10H2,1-2H3,(H,16,20)/t12-/m1/s1. The fourth-order valence-electron chi connectivity index (χ4n) is 2.50. The molecule has 21 heavy (non-hydrogen) atoms. The lowest BCUT2D eigenvalue weighted by molar-refractivity contribution is -0.132. The van der Waals surface area contributed by atoms with Crippen molar-refractivity contribution in [3.63, 3.8) is 0 Å². The average Bonchev–Trinajstić information content (AvgIpc) is 2.99. The van der Waals surface area contributed by atoms with Gasteiger partial charge in [0.05, 0.1) is 6.04 Å². The molecule has 0 radical (unpaired) electrons. The summed E-state index contributed by atoms with van der Waals surface area (Å²) in [5, 5.41) is 5.05. The Balaban J connectivity index is 1.71. The third-order valence-corrected chi connectivity index (χ3v) is 4.87.